The molecule has 0 saturated carbocycles. The van der Waals surface area contributed by atoms with Crippen LogP contribution in [-0.4, -0.2) is 11.6 Å². The van der Waals surface area contributed by atoms with E-state index in [0.29, 0.717) is 11.6 Å². The van der Waals surface area contributed by atoms with Gasteiger partial charge in [0.25, 0.3) is 0 Å². The monoisotopic (exact) mass is 354 g/mol. The summed E-state index contributed by atoms with van der Waals surface area (Å²) in [6.45, 7) is 9.01. The standard InChI is InChI=1S/2C10H13O.Fe/c2*1-10(2,3)9(11)8-6-4-5-7-8;/h2*4-7H,1-3H3;. The SMILES string of the molecule is CC(C)(C)C(=O)[C]12[CH]3[CH]4[CH]5[CH]1[Fe]45321678[CH]2[CH]1[CH]6[C]7(C(=O)C(C)(C)C)[CH]28. The Morgan fingerprint density at radius 1 is 0.652 bits per heavy atom. The van der Waals surface area contributed by atoms with Crippen LogP contribution in [-0.2, 0) is 16.1 Å². The fourth-order valence-electron chi connectivity index (χ4n) is 18.9. The van der Waals surface area contributed by atoms with Gasteiger partial charge in [-0.25, -0.2) is 0 Å². The number of hydrogen-bond donors (Lipinski definition) is 0. The van der Waals surface area contributed by atoms with Crippen LogP contribution in [0.2, 0.25) is 47.2 Å². The minimum absolute atomic E-state index is 0.188. The van der Waals surface area contributed by atoms with Gasteiger partial charge in [-0.15, -0.1) is 0 Å². The zero-order valence-electron chi connectivity index (χ0n) is 14.8. The van der Waals surface area contributed by atoms with E-state index in [4.69, 9.17) is 0 Å². The third-order valence-electron chi connectivity index (χ3n) is 16.9. The maximum absolute atomic E-state index is 13.8. The van der Waals surface area contributed by atoms with Crippen molar-refractivity contribution in [2.45, 2.75) is 88.7 Å². The quantitative estimate of drug-likeness (QED) is 0.627. The van der Waals surface area contributed by atoms with E-state index in [1.807, 2.05) is 0 Å². The van der Waals surface area contributed by atoms with E-state index in [1.54, 1.807) is 0 Å². The Morgan fingerprint density at radius 2 is 0.913 bits per heavy atom. The molecule has 1 spiro atoms. The van der Waals surface area contributed by atoms with E-state index >= 15 is 0 Å². The van der Waals surface area contributed by atoms with Gasteiger partial charge in [-0.05, 0) is 0 Å². The number of hydrogen-bond acceptors (Lipinski definition) is 2. The van der Waals surface area contributed by atoms with Crippen LogP contribution in [0.25, 0.3) is 0 Å². The Kier molecular flexibility index (Phi) is 0.455. The van der Waals surface area contributed by atoms with Crippen molar-refractivity contribution in [2.24, 2.45) is 10.8 Å². The van der Waals surface area contributed by atoms with Gasteiger partial charge in [-0.3, -0.25) is 0 Å². The van der Waals surface area contributed by atoms with Crippen LogP contribution in [0.1, 0.15) is 41.5 Å². The maximum atomic E-state index is 13.8. The van der Waals surface area contributed by atoms with Gasteiger partial charge in [0.1, 0.15) is 0 Å². The van der Waals surface area contributed by atoms with Crippen molar-refractivity contribution in [2.75, 3.05) is 0 Å². The first-order valence-corrected chi connectivity index (χ1v) is 15.8. The second kappa shape index (κ2) is 0.973. The molecule has 2 nitrogen and oxygen atoms in total. The molecule has 10 aliphatic rings. The molecule has 0 aromatic heterocycles. The first-order chi connectivity index (χ1) is 10.2. The normalized spacial score (nSPS) is 95.7. The summed E-state index contributed by atoms with van der Waals surface area (Å²) in [4.78, 5) is 35.0. The minimum atomic E-state index is -3.91. The number of ketones is 2. The molecule has 10 rings (SSSR count). The summed E-state index contributed by atoms with van der Waals surface area (Å²) >= 11 is 0. The van der Waals surface area contributed by atoms with E-state index in [9.17, 15) is 9.59 Å². The molecular formula is C20H26FeO2. The zero-order chi connectivity index (χ0) is 16.1. The van der Waals surface area contributed by atoms with Crippen LogP contribution < -0.4 is 0 Å². The van der Waals surface area contributed by atoms with Gasteiger partial charge < -0.3 is 0 Å². The Bertz CT molecular complexity index is 1160. The predicted molar refractivity (Wildman–Crippen MR) is 84.3 cm³/mol. The summed E-state index contributed by atoms with van der Waals surface area (Å²) < 4.78 is 0.376. The molecule has 0 N–H and O–H groups in total. The fraction of sp³-hybridized carbons (Fsp3) is 0.900. The topological polar surface area (TPSA) is 34.1 Å². The second-order valence-electron chi connectivity index (χ2n) is 14.9. The molecule has 0 aromatic rings. The number of rotatable bonds is 2. The van der Waals surface area contributed by atoms with Gasteiger partial charge in [0.05, 0.1) is 0 Å². The molecule has 0 radical (unpaired) electrons. The average molecular weight is 354 g/mol. The van der Waals surface area contributed by atoms with Crippen molar-refractivity contribution in [3.8, 4) is 0 Å². The van der Waals surface area contributed by atoms with Crippen molar-refractivity contribution >= 4 is 11.6 Å². The number of carbonyl (C=O) groups excluding carboxylic acids is 2. The van der Waals surface area contributed by atoms with E-state index in [-0.39, 0.29) is 19.5 Å². The Labute approximate surface area is 127 Å². The van der Waals surface area contributed by atoms with Gasteiger partial charge in [-0.2, -0.15) is 0 Å². The molecule has 8 unspecified atom stereocenters. The summed E-state index contributed by atoms with van der Waals surface area (Å²) in [5.74, 6) is 1.30. The van der Waals surface area contributed by atoms with Gasteiger partial charge >= 0.3 is 127 Å². The van der Waals surface area contributed by atoms with Crippen LogP contribution in [0, 0.1) is 10.8 Å². The van der Waals surface area contributed by atoms with Gasteiger partial charge in [0.15, 0.2) is 0 Å². The van der Waals surface area contributed by atoms with Gasteiger partial charge in [-0.1, -0.05) is 0 Å². The van der Waals surface area contributed by atoms with Crippen LogP contribution >= 0.6 is 0 Å². The fourth-order valence-corrected chi connectivity index (χ4v) is 94.8. The Morgan fingerprint density at radius 3 is 1.09 bits per heavy atom. The van der Waals surface area contributed by atoms with Crippen molar-refractivity contribution < 1.29 is 16.1 Å². The van der Waals surface area contributed by atoms with Crippen LogP contribution in [0.5, 0.6) is 0 Å². The molecule has 0 aromatic carbocycles. The summed E-state index contributed by atoms with van der Waals surface area (Å²) in [5.41, 5.74) is -0.381. The van der Waals surface area contributed by atoms with Crippen molar-refractivity contribution in [1.82, 2.24) is 0 Å². The first kappa shape index (κ1) is 10.8. The van der Waals surface area contributed by atoms with Gasteiger partial charge in [0.2, 0.25) is 0 Å². The molecule has 10 heterocycles. The summed E-state index contributed by atoms with van der Waals surface area (Å²) in [6.07, 6.45) is 0. The molecule has 10 aliphatic heterocycles. The second-order valence-corrected chi connectivity index (χ2v) is 38.1. The van der Waals surface area contributed by atoms with Crippen LogP contribution in [0.15, 0.2) is 0 Å². The van der Waals surface area contributed by atoms with Crippen molar-refractivity contribution in [1.29, 1.82) is 0 Å². The molecule has 10 fully saturated rings. The molecule has 0 aliphatic carbocycles. The predicted octanol–water partition coefficient (Wildman–Crippen LogP) is 5.35. The Balaban J connectivity index is 1.43. The molecule has 8 atom stereocenters. The molecule has 0 bridgehead atoms. The zero-order valence-corrected chi connectivity index (χ0v) is 15.9. The third-order valence-corrected chi connectivity index (χ3v) is 59.5. The third kappa shape index (κ3) is 0.138. The van der Waals surface area contributed by atoms with E-state index in [2.05, 4.69) is 41.5 Å². The first-order valence-electron chi connectivity index (χ1n) is 9.55. The number of Topliss-reactive ketones (excluding diaryl/α,β-unsaturated/α-hetero) is 2. The average Bonchev–Trinajstić information content (AvgIpc) is 3.36. The van der Waals surface area contributed by atoms with E-state index in [1.165, 1.54) is 0 Å². The van der Waals surface area contributed by atoms with Crippen LogP contribution in [0.3, 0.4) is 0 Å². The molecule has 23 heavy (non-hydrogen) atoms. The molecule has 10 saturated heterocycles. The van der Waals surface area contributed by atoms with E-state index < -0.39 is 6.51 Å². The summed E-state index contributed by atoms with van der Waals surface area (Å²) in [7, 11) is 0. The number of carbonyl (C=O) groups is 2. The molecule has 126 valence electrons. The van der Waals surface area contributed by atoms with E-state index in [0.717, 1.165) is 38.5 Å². The number of fused-ring (bicyclic) bond motifs is 10. The van der Waals surface area contributed by atoms with Crippen molar-refractivity contribution in [3.05, 3.63) is 0 Å². The molecular weight excluding hydrogens is 328 g/mol. The van der Waals surface area contributed by atoms with Crippen molar-refractivity contribution in [3.63, 3.8) is 0 Å². The van der Waals surface area contributed by atoms with Crippen LogP contribution in [0.4, 0.5) is 0 Å². The van der Waals surface area contributed by atoms with Gasteiger partial charge in [0, 0.05) is 0 Å². The molecule has 3 heteroatoms. The summed E-state index contributed by atoms with van der Waals surface area (Å²) in [5, 5.41) is 0. The molecule has 0 amide bonds. The Hall–Kier alpha value is -0.141. The summed E-state index contributed by atoms with van der Waals surface area (Å²) in [6, 6.07) is 0.